The predicted octanol–water partition coefficient (Wildman–Crippen LogP) is 0.557. The first-order chi connectivity index (χ1) is 9.02. The van der Waals surface area contributed by atoms with E-state index in [2.05, 4.69) is 11.8 Å². The topological polar surface area (TPSA) is 73.0 Å². The monoisotopic (exact) mass is 273 g/mol. The van der Waals surface area contributed by atoms with Gasteiger partial charge < -0.3 is 15.9 Å². The van der Waals surface area contributed by atoms with Gasteiger partial charge in [0, 0.05) is 25.2 Å². The molecule has 19 heavy (non-hydrogen) atoms. The number of rotatable bonds is 8. The van der Waals surface area contributed by atoms with Gasteiger partial charge >= 0.3 is 0 Å². The van der Waals surface area contributed by atoms with Gasteiger partial charge in [-0.05, 0) is 39.7 Å². The molecule has 0 amide bonds. The summed E-state index contributed by atoms with van der Waals surface area (Å²) in [5.41, 5.74) is 5.69. The summed E-state index contributed by atoms with van der Waals surface area (Å²) < 4.78 is 0. The van der Waals surface area contributed by atoms with Gasteiger partial charge in [-0.1, -0.05) is 13.3 Å². The molecule has 4 N–H and O–H groups in total. The Morgan fingerprint density at radius 1 is 1.32 bits per heavy atom. The molecule has 1 fully saturated rings. The zero-order valence-electron chi connectivity index (χ0n) is 12.6. The maximum Gasteiger partial charge on any atom is 0.106 e. The predicted molar refractivity (Wildman–Crippen MR) is 77.5 cm³/mol. The van der Waals surface area contributed by atoms with E-state index in [1.54, 1.807) is 13.8 Å². The summed E-state index contributed by atoms with van der Waals surface area (Å²) in [7, 11) is 0. The summed E-state index contributed by atoms with van der Waals surface area (Å²) in [6, 6.07) is 0.590. The normalized spacial score (nSPS) is 25.7. The Hall–Kier alpha value is -0.200. The van der Waals surface area contributed by atoms with Gasteiger partial charge in [0.1, 0.15) is 12.5 Å². The van der Waals surface area contributed by atoms with Crippen molar-refractivity contribution in [2.75, 3.05) is 19.6 Å². The highest BCUT2D eigenvalue weighted by molar-refractivity contribution is 4.91. The minimum absolute atomic E-state index is 0.194. The van der Waals surface area contributed by atoms with Gasteiger partial charge in [-0.15, -0.1) is 0 Å². The van der Waals surface area contributed by atoms with Gasteiger partial charge in [0.05, 0.1) is 0 Å². The molecule has 5 heteroatoms. The van der Waals surface area contributed by atoms with Gasteiger partial charge in [-0.2, -0.15) is 0 Å². The van der Waals surface area contributed by atoms with Crippen molar-refractivity contribution in [3.63, 3.8) is 0 Å². The van der Waals surface area contributed by atoms with Crippen molar-refractivity contribution in [3.8, 4) is 0 Å². The largest absolute Gasteiger partial charge is 0.379 e. The lowest BCUT2D eigenvalue weighted by atomic mass is 9.98. The number of likely N-dealkylation sites (tertiary alicyclic amines) is 1. The van der Waals surface area contributed by atoms with Crippen molar-refractivity contribution in [2.45, 2.75) is 71.0 Å². The van der Waals surface area contributed by atoms with Crippen molar-refractivity contribution in [3.05, 3.63) is 0 Å². The fourth-order valence-electron chi connectivity index (χ4n) is 3.43. The number of aliphatic hydroxyl groups is 2. The van der Waals surface area contributed by atoms with E-state index >= 15 is 0 Å². The van der Waals surface area contributed by atoms with Crippen LogP contribution in [0.2, 0.25) is 0 Å². The van der Waals surface area contributed by atoms with Gasteiger partial charge in [-0.3, -0.25) is 4.90 Å². The molecule has 5 nitrogen and oxygen atoms in total. The molecule has 0 aromatic carbocycles. The van der Waals surface area contributed by atoms with E-state index in [0.717, 1.165) is 32.4 Å². The fourth-order valence-corrected chi connectivity index (χ4v) is 3.43. The first kappa shape index (κ1) is 16.9. The van der Waals surface area contributed by atoms with Crippen LogP contribution in [0.3, 0.4) is 0 Å². The van der Waals surface area contributed by atoms with Crippen LogP contribution in [0.15, 0.2) is 0 Å². The van der Waals surface area contributed by atoms with E-state index in [1.165, 1.54) is 6.42 Å². The highest BCUT2D eigenvalue weighted by Crippen LogP contribution is 2.27. The fraction of sp³-hybridized carbons (Fsp3) is 1.00. The maximum atomic E-state index is 9.98. The first-order valence-electron chi connectivity index (χ1n) is 7.60. The Balaban J connectivity index is 2.84. The average Bonchev–Trinajstić information content (AvgIpc) is 2.76. The highest BCUT2D eigenvalue weighted by atomic mass is 16.3. The van der Waals surface area contributed by atoms with Crippen LogP contribution < -0.4 is 5.73 Å². The van der Waals surface area contributed by atoms with Crippen LogP contribution in [0.25, 0.3) is 0 Å². The van der Waals surface area contributed by atoms with Crippen LogP contribution in [0.1, 0.15) is 46.5 Å². The Kier molecular flexibility index (Phi) is 7.25. The van der Waals surface area contributed by atoms with Gasteiger partial charge in [0.25, 0.3) is 0 Å². The number of hydrogen-bond donors (Lipinski definition) is 3. The van der Waals surface area contributed by atoms with Crippen LogP contribution >= 0.6 is 0 Å². The Labute approximate surface area is 117 Å². The van der Waals surface area contributed by atoms with E-state index in [4.69, 9.17) is 5.73 Å². The summed E-state index contributed by atoms with van der Waals surface area (Å²) in [6.07, 6.45) is 3.09. The molecule has 1 heterocycles. The third-order valence-corrected chi connectivity index (χ3v) is 4.11. The maximum absolute atomic E-state index is 9.98. The minimum Gasteiger partial charge on any atom is -0.379 e. The average molecular weight is 273 g/mol. The minimum atomic E-state index is -0.628. The molecule has 1 saturated heterocycles. The summed E-state index contributed by atoms with van der Waals surface area (Å²) in [5.74, 6) is 0. The third kappa shape index (κ3) is 4.39. The van der Waals surface area contributed by atoms with Crippen molar-refractivity contribution in [2.24, 2.45) is 5.73 Å². The van der Waals surface area contributed by atoms with Crippen molar-refractivity contribution in [1.82, 2.24) is 9.80 Å². The van der Waals surface area contributed by atoms with Crippen LogP contribution in [0.4, 0.5) is 0 Å². The van der Waals surface area contributed by atoms with Crippen LogP contribution in [-0.2, 0) is 0 Å². The summed E-state index contributed by atoms with van der Waals surface area (Å²) >= 11 is 0. The van der Waals surface area contributed by atoms with E-state index < -0.39 is 12.5 Å². The third-order valence-electron chi connectivity index (χ3n) is 4.11. The molecule has 1 aliphatic heterocycles. The van der Waals surface area contributed by atoms with Gasteiger partial charge in [0.2, 0.25) is 0 Å². The second-order valence-corrected chi connectivity index (χ2v) is 5.60. The second kappa shape index (κ2) is 8.17. The quantitative estimate of drug-likeness (QED) is 0.564. The molecular weight excluding hydrogens is 242 g/mol. The van der Waals surface area contributed by atoms with E-state index in [1.807, 2.05) is 4.90 Å². The molecular formula is C14H31N3O2. The molecule has 0 bridgehead atoms. The lowest BCUT2D eigenvalue weighted by Gasteiger charge is -2.42. The Bertz CT molecular complexity index is 241. The summed E-state index contributed by atoms with van der Waals surface area (Å²) in [5, 5.41) is 20.0. The molecule has 4 atom stereocenters. The summed E-state index contributed by atoms with van der Waals surface area (Å²) in [6.45, 7) is 8.26. The van der Waals surface area contributed by atoms with Gasteiger partial charge in [-0.25, -0.2) is 4.90 Å². The lowest BCUT2D eigenvalue weighted by molar-refractivity contribution is -0.124. The molecule has 1 rings (SSSR count). The van der Waals surface area contributed by atoms with Crippen LogP contribution in [-0.4, -0.2) is 64.2 Å². The first-order valence-corrected chi connectivity index (χ1v) is 7.60. The Morgan fingerprint density at radius 2 is 1.95 bits per heavy atom. The van der Waals surface area contributed by atoms with E-state index in [0.29, 0.717) is 12.6 Å². The molecule has 0 aromatic rings. The number of aliphatic hydroxyl groups excluding tert-OH is 2. The van der Waals surface area contributed by atoms with Crippen LogP contribution in [0, 0.1) is 0 Å². The second-order valence-electron chi connectivity index (χ2n) is 5.60. The standard InChI is InChI=1S/C14H31N3O2/c1-4-6-14(17(11(2)18)12(3)19)13-7-5-9-16(13)10-8-15/h11-14,18-19H,4-10,15H2,1-3H3. The molecule has 0 radical (unpaired) electrons. The molecule has 1 aliphatic rings. The number of nitrogens with zero attached hydrogens (tertiary/aromatic N) is 2. The zero-order valence-corrected chi connectivity index (χ0v) is 12.6. The molecule has 0 spiro atoms. The zero-order chi connectivity index (χ0) is 14.4. The summed E-state index contributed by atoms with van der Waals surface area (Å²) in [4.78, 5) is 4.25. The van der Waals surface area contributed by atoms with Crippen molar-refractivity contribution in [1.29, 1.82) is 0 Å². The van der Waals surface area contributed by atoms with Crippen LogP contribution in [0.5, 0.6) is 0 Å². The smallest absolute Gasteiger partial charge is 0.106 e. The van der Waals surface area contributed by atoms with Crippen molar-refractivity contribution < 1.29 is 10.2 Å². The van der Waals surface area contributed by atoms with Crippen molar-refractivity contribution >= 4 is 0 Å². The number of hydrogen-bond acceptors (Lipinski definition) is 5. The van der Waals surface area contributed by atoms with Gasteiger partial charge in [0.15, 0.2) is 0 Å². The lowest BCUT2D eigenvalue weighted by Crippen LogP contribution is -2.56. The van der Waals surface area contributed by atoms with E-state index in [9.17, 15) is 10.2 Å². The molecule has 0 aliphatic carbocycles. The molecule has 114 valence electrons. The molecule has 4 unspecified atom stereocenters. The van der Waals surface area contributed by atoms with E-state index in [-0.39, 0.29) is 6.04 Å². The Morgan fingerprint density at radius 3 is 2.42 bits per heavy atom. The molecule has 0 saturated carbocycles. The SMILES string of the molecule is CCCC(C1CCCN1CCN)N(C(C)O)C(C)O. The molecule has 0 aromatic heterocycles. The number of nitrogens with two attached hydrogens (primary N) is 1. The highest BCUT2D eigenvalue weighted by Gasteiger charge is 2.37.